The van der Waals surface area contributed by atoms with E-state index in [0.717, 1.165) is 38.5 Å². The Labute approximate surface area is 394 Å². The molecule has 7 unspecified atom stereocenters. The maximum absolute atomic E-state index is 13.0. The first-order valence-corrected chi connectivity index (χ1v) is 27.6. The summed E-state index contributed by atoms with van der Waals surface area (Å²) in [5.74, 6) is -0.176. The van der Waals surface area contributed by atoms with Crippen molar-refractivity contribution in [1.82, 2.24) is 5.32 Å². The van der Waals surface area contributed by atoms with Crippen molar-refractivity contribution in [2.24, 2.45) is 0 Å². The molecule has 6 N–H and O–H groups in total. The molecule has 1 saturated heterocycles. The van der Waals surface area contributed by atoms with E-state index in [2.05, 4.69) is 31.3 Å². The average Bonchev–Trinajstić information content (AvgIpc) is 3.29. The number of carbonyl (C=O) groups excluding carboxylic acids is 1. The van der Waals surface area contributed by atoms with Gasteiger partial charge in [0.2, 0.25) is 5.91 Å². The van der Waals surface area contributed by atoms with Crippen LogP contribution in [0, 0.1) is 0 Å². The minimum atomic E-state index is -1.56. The molecule has 0 radical (unpaired) electrons. The van der Waals surface area contributed by atoms with Gasteiger partial charge >= 0.3 is 0 Å². The maximum Gasteiger partial charge on any atom is 0.220 e. The van der Waals surface area contributed by atoms with Crippen LogP contribution in [0.3, 0.4) is 0 Å². The lowest BCUT2D eigenvalue weighted by Crippen LogP contribution is -2.60. The van der Waals surface area contributed by atoms with Crippen molar-refractivity contribution in [3.63, 3.8) is 0 Å². The highest BCUT2D eigenvalue weighted by atomic mass is 16.7. The minimum absolute atomic E-state index is 0.176. The van der Waals surface area contributed by atoms with Crippen molar-refractivity contribution >= 4 is 5.91 Å². The fraction of sp³-hybridized carbons (Fsp3) is 0.909. The lowest BCUT2D eigenvalue weighted by Gasteiger charge is -2.40. The van der Waals surface area contributed by atoms with Crippen molar-refractivity contribution in [3.8, 4) is 0 Å². The summed E-state index contributed by atoms with van der Waals surface area (Å²) in [6.45, 7) is 3.76. The van der Waals surface area contributed by atoms with Gasteiger partial charge in [-0.15, -0.1) is 0 Å². The Kier molecular flexibility index (Phi) is 43.1. The molecule has 1 heterocycles. The van der Waals surface area contributed by atoms with E-state index in [4.69, 9.17) is 9.47 Å². The van der Waals surface area contributed by atoms with Crippen LogP contribution in [0.25, 0.3) is 0 Å². The first kappa shape index (κ1) is 60.7. The molecule has 1 aliphatic heterocycles. The molecule has 0 aromatic heterocycles. The third-order valence-corrected chi connectivity index (χ3v) is 13.3. The molecule has 64 heavy (non-hydrogen) atoms. The van der Waals surface area contributed by atoms with E-state index < -0.39 is 49.5 Å². The van der Waals surface area contributed by atoms with Gasteiger partial charge in [0.1, 0.15) is 24.4 Å². The second-order valence-corrected chi connectivity index (χ2v) is 19.4. The van der Waals surface area contributed by atoms with Crippen LogP contribution in [0.15, 0.2) is 24.3 Å². The molecule has 0 saturated carbocycles. The zero-order chi connectivity index (χ0) is 46.6. The van der Waals surface area contributed by atoms with Gasteiger partial charge in [-0.05, 0) is 44.9 Å². The standard InChI is InChI=1S/C55H105NO8/c1-3-5-7-9-11-13-14-15-16-17-18-19-20-21-22-23-24-25-26-27-28-29-30-31-32-33-34-35-37-39-41-43-45-51(59)56-48(49(58)44-42-40-38-36-12-10-8-6-4-2)47-63-55-54(62)53(61)52(60)50(46-57)64-55/h21-22,42,44,48-50,52-55,57-58,60-62H,3-20,23-41,43,45-47H2,1-2H3,(H,56,59)/b22-21-,44-42+. The Bertz CT molecular complexity index is 1060. The Morgan fingerprint density at radius 2 is 0.875 bits per heavy atom. The zero-order valence-corrected chi connectivity index (χ0v) is 41.8. The predicted octanol–water partition coefficient (Wildman–Crippen LogP) is 13.0. The Morgan fingerprint density at radius 3 is 1.27 bits per heavy atom. The van der Waals surface area contributed by atoms with Gasteiger partial charge in [0.25, 0.3) is 0 Å². The van der Waals surface area contributed by atoms with Gasteiger partial charge in [0, 0.05) is 6.42 Å². The van der Waals surface area contributed by atoms with E-state index in [1.54, 1.807) is 6.08 Å². The lowest BCUT2D eigenvalue weighted by molar-refractivity contribution is -0.302. The predicted molar refractivity (Wildman–Crippen MR) is 267 cm³/mol. The second-order valence-electron chi connectivity index (χ2n) is 19.4. The van der Waals surface area contributed by atoms with Crippen LogP contribution in [-0.4, -0.2) is 87.5 Å². The molecule has 0 aromatic carbocycles. The van der Waals surface area contributed by atoms with Gasteiger partial charge < -0.3 is 40.3 Å². The van der Waals surface area contributed by atoms with E-state index in [9.17, 15) is 30.3 Å². The van der Waals surface area contributed by atoms with E-state index in [1.165, 1.54) is 205 Å². The van der Waals surface area contributed by atoms with Crippen molar-refractivity contribution in [1.29, 1.82) is 0 Å². The zero-order valence-electron chi connectivity index (χ0n) is 41.8. The van der Waals surface area contributed by atoms with Gasteiger partial charge in [-0.25, -0.2) is 0 Å². The normalized spacial score (nSPS) is 20.1. The highest BCUT2D eigenvalue weighted by Crippen LogP contribution is 2.23. The first-order chi connectivity index (χ1) is 31.3. The highest BCUT2D eigenvalue weighted by Gasteiger charge is 2.44. The fourth-order valence-electron chi connectivity index (χ4n) is 8.86. The lowest BCUT2D eigenvalue weighted by atomic mass is 9.99. The largest absolute Gasteiger partial charge is 0.394 e. The summed E-state index contributed by atoms with van der Waals surface area (Å²) in [7, 11) is 0. The summed E-state index contributed by atoms with van der Waals surface area (Å²) < 4.78 is 11.2. The number of ether oxygens (including phenoxy) is 2. The fourth-order valence-corrected chi connectivity index (χ4v) is 8.86. The SMILES string of the molecule is CCCCCCCCC/C=C/C(O)C(COC1OC(CO)C(O)C(O)C1O)NC(=O)CCCCCCCCCCCCCCCCCC/C=C\CCCCCCCCCCCCCC. The Balaban J connectivity index is 2.07. The van der Waals surface area contributed by atoms with Gasteiger partial charge in [0.15, 0.2) is 6.29 Å². The monoisotopic (exact) mass is 908 g/mol. The number of carbonyl (C=O) groups is 1. The second kappa shape index (κ2) is 45.5. The summed E-state index contributed by atoms with van der Waals surface area (Å²) >= 11 is 0. The van der Waals surface area contributed by atoms with Crippen molar-refractivity contribution in [2.45, 2.75) is 307 Å². The molecular formula is C55H105NO8. The van der Waals surface area contributed by atoms with Crippen LogP contribution in [0.4, 0.5) is 0 Å². The number of aliphatic hydroxyl groups excluding tert-OH is 5. The number of aliphatic hydroxyl groups is 5. The molecule has 0 bridgehead atoms. The van der Waals surface area contributed by atoms with Crippen LogP contribution in [0.1, 0.15) is 264 Å². The maximum atomic E-state index is 13.0. The van der Waals surface area contributed by atoms with Crippen molar-refractivity contribution in [2.75, 3.05) is 13.2 Å². The van der Waals surface area contributed by atoms with Crippen molar-refractivity contribution in [3.05, 3.63) is 24.3 Å². The smallest absolute Gasteiger partial charge is 0.220 e. The van der Waals surface area contributed by atoms with Gasteiger partial charge in [-0.2, -0.15) is 0 Å². The molecule has 0 aromatic rings. The molecular weight excluding hydrogens is 803 g/mol. The molecule has 1 rings (SSSR count). The molecule has 7 atom stereocenters. The molecule has 9 nitrogen and oxygen atoms in total. The van der Waals surface area contributed by atoms with Gasteiger partial charge in [-0.3, -0.25) is 4.79 Å². The number of hydrogen-bond donors (Lipinski definition) is 6. The quantitative estimate of drug-likeness (QED) is 0.0261. The number of unbranched alkanes of at least 4 members (excludes halogenated alkanes) is 35. The van der Waals surface area contributed by atoms with E-state index in [1.807, 2.05) is 6.08 Å². The number of rotatable bonds is 47. The van der Waals surface area contributed by atoms with Crippen LogP contribution in [0.5, 0.6) is 0 Å². The minimum Gasteiger partial charge on any atom is -0.394 e. The third kappa shape index (κ3) is 34.9. The summed E-state index contributed by atoms with van der Waals surface area (Å²) in [6.07, 6.45) is 49.9. The molecule has 0 spiro atoms. The number of amides is 1. The Morgan fingerprint density at radius 1 is 0.516 bits per heavy atom. The summed E-state index contributed by atoms with van der Waals surface area (Å²) in [6, 6.07) is -0.800. The first-order valence-electron chi connectivity index (χ1n) is 27.6. The number of hydrogen-bond acceptors (Lipinski definition) is 8. The van der Waals surface area contributed by atoms with E-state index in [-0.39, 0.29) is 12.5 Å². The summed E-state index contributed by atoms with van der Waals surface area (Å²) in [5.41, 5.74) is 0. The van der Waals surface area contributed by atoms with Crippen molar-refractivity contribution < 1.29 is 39.8 Å². The van der Waals surface area contributed by atoms with Crippen LogP contribution >= 0.6 is 0 Å². The van der Waals surface area contributed by atoms with Crippen LogP contribution in [-0.2, 0) is 14.3 Å². The highest BCUT2D eigenvalue weighted by molar-refractivity contribution is 5.76. The molecule has 1 amide bonds. The van der Waals surface area contributed by atoms with Crippen LogP contribution < -0.4 is 5.32 Å². The van der Waals surface area contributed by atoms with Gasteiger partial charge in [-0.1, -0.05) is 237 Å². The van der Waals surface area contributed by atoms with E-state index >= 15 is 0 Å². The number of allylic oxidation sites excluding steroid dienone is 3. The molecule has 0 aliphatic carbocycles. The third-order valence-electron chi connectivity index (χ3n) is 13.3. The molecule has 1 fully saturated rings. The summed E-state index contributed by atoms with van der Waals surface area (Å²) in [5, 5.41) is 54.1. The molecule has 1 aliphatic rings. The average molecular weight is 908 g/mol. The molecule has 9 heteroatoms. The number of nitrogens with one attached hydrogen (secondary N) is 1. The van der Waals surface area contributed by atoms with E-state index in [0.29, 0.717) is 6.42 Å². The van der Waals surface area contributed by atoms with Gasteiger partial charge in [0.05, 0.1) is 25.4 Å². The van der Waals surface area contributed by atoms with Crippen LogP contribution in [0.2, 0.25) is 0 Å². The Hall–Kier alpha value is -1.33. The topological polar surface area (TPSA) is 149 Å². The molecule has 378 valence electrons. The summed E-state index contributed by atoms with van der Waals surface area (Å²) in [4.78, 5) is 13.0.